The summed E-state index contributed by atoms with van der Waals surface area (Å²) in [5, 5.41) is 0. The summed E-state index contributed by atoms with van der Waals surface area (Å²) in [5.41, 5.74) is 8.54. The van der Waals surface area contributed by atoms with E-state index in [0.29, 0.717) is 11.8 Å². The molecule has 22 heavy (non-hydrogen) atoms. The van der Waals surface area contributed by atoms with E-state index in [1.165, 1.54) is 46.2 Å². The van der Waals surface area contributed by atoms with Gasteiger partial charge in [0.2, 0.25) is 0 Å². The Bertz CT molecular complexity index is 579. The minimum absolute atomic E-state index is 0.698. The van der Waals surface area contributed by atoms with E-state index in [2.05, 4.69) is 77.9 Å². The van der Waals surface area contributed by atoms with E-state index in [-0.39, 0.29) is 0 Å². The zero-order valence-corrected chi connectivity index (χ0v) is 15.0. The van der Waals surface area contributed by atoms with E-state index in [9.17, 15) is 0 Å². The first-order valence-corrected chi connectivity index (χ1v) is 8.49. The Morgan fingerprint density at radius 3 is 1.27 bits per heavy atom. The van der Waals surface area contributed by atoms with Gasteiger partial charge in [-0.15, -0.1) is 0 Å². The molecule has 2 aromatic rings. The lowest BCUT2D eigenvalue weighted by Gasteiger charge is -2.21. The van der Waals surface area contributed by atoms with Gasteiger partial charge in [-0.1, -0.05) is 50.2 Å². The third-order valence-corrected chi connectivity index (χ3v) is 5.23. The Morgan fingerprint density at radius 1 is 0.591 bits per heavy atom. The van der Waals surface area contributed by atoms with Crippen molar-refractivity contribution in [2.24, 2.45) is 11.8 Å². The van der Waals surface area contributed by atoms with Gasteiger partial charge >= 0.3 is 0 Å². The summed E-state index contributed by atoms with van der Waals surface area (Å²) in [7, 11) is 0. The molecule has 0 unspecified atom stereocenters. The minimum Gasteiger partial charge on any atom is -0.0619 e. The predicted octanol–water partition coefficient (Wildman–Crippen LogP) is 5.98. The minimum atomic E-state index is 0.698. The van der Waals surface area contributed by atoms with Crippen LogP contribution in [0.5, 0.6) is 0 Å². The third-order valence-electron chi connectivity index (χ3n) is 5.23. The molecular weight excluding hydrogens is 264 g/mol. The number of hydrogen-bond acceptors (Lipinski definition) is 0. The van der Waals surface area contributed by atoms with Gasteiger partial charge in [0.1, 0.15) is 0 Å². The number of rotatable bonds is 5. The van der Waals surface area contributed by atoms with Crippen molar-refractivity contribution >= 4 is 0 Å². The molecule has 0 nitrogen and oxygen atoms in total. The van der Waals surface area contributed by atoms with E-state index < -0.39 is 0 Å². The molecule has 118 valence electrons. The highest BCUT2D eigenvalue weighted by Gasteiger charge is 2.14. The molecule has 0 aliphatic carbocycles. The SMILES string of the molecule is Cc1ccc(C[C@@H](C)[C@@H](C)Cc2ccc(C)c(C)c2)cc1C. The Morgan fingerprint density at radius 2 is 0.955 bits per heavy atom. The van der Waals surface area contributed by atoms with Crippen LogP contribution in [0.2, 0.25) is 0 Å². The Hall–Kier alpha value is -1.56. The number of benzene rings is 2. The van der Waals surface area contributed by atoms with E-state index in [0.717, 1.165) is 0 Å². The van der Waals surface area contributed by atoms with Crippen molar-refractivity contribution in [3.05, 3.63) is 69.8 Å². The quantitative estimate of drug-likeness (QED) is 0.636. The van der Waals surface area contributed by atoms with Gasteiger partial charge in [0.05, 0.1) is 0 Å². The summed E-state index contributed by atoms with van der Waals surface area (Å²) in [6.45, 7) is 13.6. The van der Waals surface area contributed by atoms with Crippen molar-refractivity contribution in [2.45, 2.75) is 54.4 Å². The Balaban J connectivity index is 2.00. The molecule has 0 bridgehead atoms. The fourth-order valence-electron chi connectivity index (χ4n) is 3.01. The van der Waals surface area contributed by atoms with Crippen molar-refractivity contribution in [2.75, 3.05) is 0 Å². The Labute approximate surface area is 136 Å². The molecule has 0 spiro atoms. The monoisotopic (exact) mass is 294 g/mol. The second-order valence-corrected chi connectivity index (χ2v) is 7.20. The molecule has 0 saturated heterocycles. The van der Waals surface area contributed by atoms with Gasteiger partial charge < -0.3 is 0 Å². The maximum absolute atomic E-state index is 2.39. The normalized spacial score (nSPS) is 13.9. The smallest absolute Gasteiger partial charge is 0.0250 e. The van der Waals surface area contributed by atoms with Crippen LogP contribution in [0, 0.1) is 39.5 Å². The van der Waals surface area contributed by atoms with Gasteiger partial charge in [0, 0.05) is 0 Å². The van der Waals surface area contributed by atoms with Crippen LogP contribution in [0.4, 0.5) is 0 Å². The molecule has 0 heteroatoms. The maximum Gasteiger partial charge on any atom is -0.0250 e. The largest absolute Gasteiger partial charge is 0.0619 e. The molecular formula is C22H30. The van der Waals surface area contributed by atoms with E-state index in [4.69, 9.17) is 0 Å². The molecule has 0 N–H and O–H groups in total. The average Bonchev–Trinajstić information content (AvgIpc) is 2.46. The molecule has 2 atom stereocenters. The molecule has 0 saturated carbocycles. The lowest BCUT2D eigenvalue weighted by molar-refractivity contribution is 0.383. The first-order chi connectivity index (χ1) is 10.4. The molecule has 0 fully saturated rings. The zero-order valence-electron chi connectivity index (χ0n) is 15.0. The van der Waals surface area contributed by atoms with Crippen LogP contribution in [0.15, 0.2) is 36.4 Å². The first kappa shape index (κ1) is 16.8. The molecule has 2 rings (SSSR count). The highest BCUT2D eigenvalue weighted by atomic mass is 14.2. The maximum atomic E-state index is 2.39. The van der Waals surface area contributed by atoms with Crippen LogP contribution in [0.1, 0.15) is 47.2 Å². The summed E-state index contributed by atoms with van der Waals surface area (Å²) < 4.78 is 0. The van der Waals surface area contributed by atoms with E-state index in [1.54, 1.807) is 0 Å². The average molecular weight is 294 g/mol. The molecule has 0 aromatic heterocycles. The molecule has 0 aliphatic heterocycles. The van der Waals surface area contributed by atoms with Gasteiger partial charge in [-0.3, -0.25) is 0 Å². The number of hydrogen-bond donors (Lipinski definition) is 0. The topological polar surface area (TPSA) is 0 Å². The molecule has 0 heterocycles. The highest BCUT2D eigenvalue weighted by molar-refractivity contribution is 5.31. The van der Waals surface area contributed by atoms with E-state index in [1.807, 2.05) is 0 Å². The van der Waals surface area contributed by atoms with Crippen molar-refractivity contribution in [1.82, 2.24) is 0 Å². The molecule has 2 aromatic carbocycles. The summed E-state index contributed by atoms with van der Waals surface area (Å²) >= 11 is 0. The molecule has 0 amide bonds. The second kappa shape index (κ2) is 7.13. The van der Waals surface area contributed by atoms with Crippen LogP contribution >= 0.6 is 0 Å². The third kappa shape index (κ3) is 4.22. The van der Waals surface area contributed by atoms with Crippen molar-refractivity contribution < 1.29 is 0 Å². The van der Waals surface area contributed by atoms with Gasteiger partial charge in [0.25, 0.3) is 0 Å². The van der Waals surface area contributed by atoms with Crippen LogP contribution < -0.4 is 0 Å². The second-order valence-electron chi connectivity index (χ2n) is 7.20. The van der Waals surface area contributed by atoms with Gasteiger partial charge in [0.15, 0.2) is 0 Å². The van der Waals surface area contributed by atoms with Crippen LogP contribution in [-0.2, 0) is 12.8 Å². The summed E-state index contributed by atoms with van der Waals surface area (Å²) in [6.07, 6.45) is 2.35. The fourth-order valence-corrected chi connectivity index (χ4v) is 3.01. The van der Waals surface area contributed by atoms with Gasteiger partial charge in [-0.25, -0.2) is 0 Å². The summed E-state index contributed by atoms with van der Waals surface area (Å²) in [4.78, 5) is 0. The van der Waals surface area contributed by atoms with Crippen molar-refractivity contribution in [3.63, 3.8) is 0 Å². The molecule has 0 radical (unpaired) electrons. The van der Waals surface area contributed by atoms with E-state index >= 15 is 0 Å². The zero-order chi connectivity index (χ0) is 16.3. The van der Waals surface area contributed by atoms with Gasteiger partial charge in [-0.2, -0.15) is 0 Å². The lowest BCUT2D eigenvalue weighted by Crippen LogP contribution is -2.14. The highest BCUT2D eigenvalue weighted by Crippen LogP contribution is 2.23. The fraction of sp³-hybridized carbons (Fsp3) is 0.455. The standard InChI is InChI=1S/C22H30/c1-15-7-9-21(11-17(15)3)13-19(5)20(6)14-22-10-8-16(2)18(4)12-22/h7-12,19-20H,13-14H2,1-6H3/t19-,20+. The van der Waals surface area contributed by atoms with Crippen molar-refractivity contribution in [1.29, 1.82) is 0 Å². The van der Waals surface area contributed by atoms with Crippen LogP contribution in [-0.4, -0.2) is 0 Å². The van der Waals surface area contributed by atoms with Gasteiger partial charge in [-0.05, 0) is 85.8 Å². The van der Waals surface area contributed by atoms with Crippen molar-refractivity contribution in [3.8, 4) is 0 Å². The first-order valence-electron chi connectivity index (χ1n) is 8.49. The van der Waals surface area contributed by atoms with Crippen LogP contribution in [0.3, 0.4) is 0 Å². The number of aryl methyl sites for hydroxylation is 4. The predicted molar refractivity (Wildman–Crippen MR) is 97.6 cm³/mol. The lowest BCUT2D eigenvalue weighted by atomic mass is 9.84. The summed E-state index contributed by atoms with van der Waals surface area (Å²) in [6, 6.07) is 13.8. The summed E-state index contributed by atoms with van der Waals surface area (Å²) in [5.74, 6) is 1.40. The Kier molecular flexibility index (Phi) is 5.45. The molecule has 0 aliphatic rings. The van der Waals surface area contributed by atoms with Crippen LogP contribution in [0.25, 0.3) is 0 Å².